The third-order valence-electron chi connectivity index (χ3n) is 2.59. The van der Waals surface area contributed by atoms with Crippen molar-refractivity contribution in [3.8, 4) is 0 Å². The highest BCUT2D eigenvalue weighted by Gasteiger charge is 2.25. The second kappa shape index (κ2) is 6.65. The van der Waals surface area contributed by atoms with Gasteiger partial charge in [0.25, 0.3) is 5.91 Å². The Kier molecular flexibility index (Phi) is 5.47. The summed E-state index contributed by atoms with van der Waals surface area (Å²) in [7, 11) is 1.26. The minimum absolute atomic E-state index is 0.111. The molecule has 1 aromatic rings. The van der Waals surface area contributed by atoms with E-state index in [-0.39, 0.29) is 16.0 Å². The lowest BCUT2D eigenvalue weighted by atomic mass is 10.0. The molecule has 0 heterocycles. The average molecular weight is 332 g/mol. The lowest BCUT2D eigenvalue weighted by Gasteiger charge is -2.19. The highest BCUT2D eigenvalue weighted by Crippen LogP contribution is 2.17. The number of rotatable bonds is 4. The van der Waals surface area contributed by atoms with Crippen molar-refractivity contribution in [2.75, 3.05) is 7.11 Å². The second-order valence-electron chi connectivity index (χ2n) is 4.35. The van der Waals surface area contributed by atoms with Crippen LogP contribution in [0.25, 0.3) is 0 Å². The molecular formula is C13H15BrFNO3. The van der Waals surface area contributed by atoms with Crippen molar-refractivity contribution in [3.63, 3.8) is 0 Å². The molecule has 1 unspecified atom stereocenters. The third-order valence-corrected chi connectivity index (χ3v) is 3.20. The molecule has 104 valence electrons. The zero-order valence-corrected chi connectivity index (χ0v) is 12.5. The Labute approximate surface area is 119 Å². The summed E-state index contributed by atoms with van der Waals surface area (Å²) < 4.78 is 17.9. The van der Waals surface area contributed by atoms with Crippen LogP contribution in [0.3, 0.4) is 0 Å². The van der Waals surface area contributed by atoms with E-state index in [9.17, 15) is 14.0 Å². The first kappa shape index (κ1) is 15.6. The van der Waals surface area contributed by atoms with Crippen LogP contribution >= 0.6 is 15.9 Å². The molecule has 4 nitrogen and oxygen atoms in total. The first-order valence-electron chi connectivity index (χ1n) is 5.70. The van der Waals surface area contributed by atoms with Gasteiger partial charge < -0.3 is 10.1 Å². The van der Waals surface area contributed by atoms with E-state index >= 15 is 0 Å². The van der Waals surface area contributed by atoms with Gasteiger partial charge in [-0.2, -0.15) is 0 Å². The van der Waals surface area contributed by atoms with Gasteiger partial charge in [-0.15, -0.1) is 0 Å². The van der Waals surface area contributed by atoms with Crippen molar-refractivity contribution in [1.29, 1.82) is 0 Å². The van der Waals surface area contributed by atoms with Crippen molar-refractivity contribution in [1.82, 2.24) is 5.32 Å². The second-order valence-corrected chi connectivity index (χ2v) is 5.20. The molecular weight excluding hydrogens is 317 g/mol. The van der Waals surface area contributed by atoms with Crippen LogP contribution in [0, 0.1) is 11.7 Å². The first-order valence-corrected chi connectivity index (χ1v) is 6.50. The number of hydrogen-bond acceptors (Lipinski definition) is 3. The normalized spacial score (nSPS) is 12.1. The van der Waals surface area contributed by atoms with Crippen LogP contribution in [-0.2, 0) is 9.53 Å². The van der Waals surface area contributed by atoms with Crippen molar-refractivity contribution < 1.29 is 18.7 Å². The molecule has 1 aromatic carbocycles. The van der Waals surface area contributed by atoms with E-state index in [4.69, 9.17) is 0 Å². The molecule has 0 aliphatic heterocycles. The zero-order chi connectivity index (χ0) is 14.6. The lowest BCUT2D eigenvalue weighted by molar-refractivity contribution is -0.144. The Morgan fingerprint density at radius 1 is 1.37 bits per heavy atom. The van der Waals surface area contributed by atoms with E-state index in [0.29, 0.717) is 0 Å². The molecule has 0 saturated heterocycles. The summed E-state index contributed by atoms with van der Waals surface area (Å²) in [6.07, 6.45) is 0. The number of benzene rings is 1. The molecule has 1 N–H and O–H groups in total. The number of hydrogen-bond donors (Lipinski definition) is 1. The Balaban J connectivity index is 2.87. The molecule has 0 bridgehead atoms. The van der Waals surface area contributed by atoms with Gasteiger partial charge in [-0.25, -0.2) is 9.18 Å². The van der Waals surface area contributed by atoms with Crippen LogP contribution in [-0.4, -0.2) is 25.0 Å². The van der Waals surface area contributed by atoms with Crippen LogP contribution in [0.1, 0.15) is 24.2 Å². The van der Waals surface area contributed by atoms with Crippen LogP contribution in [0.5, 0.6) is 0 Å². The van der Waals surface area contributed by atoms with Gasteiger partial charge >= 0.3 is 5.97 Å². The van der Waals surface area contributed by atoms with Crippen molar-refractivity contribution >= 4 is 27.8 Å². The van der Waals surface area contributed by atoms with E-state index in [1.54, 1.807) is 13.8 Å². The number of halogens is 2. The summed E-state index contributed by atoms with van der Waals surface area (Å²) >= 11 is 3.01. The quantitative estimate of drug-likeness (QED) is 0.862. The van der Waals surface area contributed by atoms with E-state index in [1.807, 2.05) is 0 Å². The van der Waals surface area contributed by atoms with Gasteiger partial charge in [0.1, 0.15) is 11.9 Å². The fraction of sp³-hybridized carbons (Fsp3) is 0.385. The molecule has 0 spiro atoms. The number of carbonyl (C=O) groups excluding carboxylic acids is 2. The Bertz CT molecular complexity index is 491. The summed E-state index contributed by atoms with van der Waals surface area (Å²) in [4.78, 5) is 23.5. The molecule has 0 aliphatic carbocycles. The van der Waals surface area contributed by atoms with Crippen molar-refractivity contribution in [3.05, 3.63) is 34.1 Å². The standard InChI is InChI=1S/C13H15BrFNO3/c1-7(2)11(13(18)19-3)16-12(17)8-4-5-10(15)9(14)6-8/h4-7,11H,1-3H3,(H,16,17). The van der Waals surface area contributed by atoms with Gasteiger partial charge in [0, 0.05) is 5.56 Å². The number of carbonyl (C=O) groups is 2. The SMILES string of the molecule is COC(=O)C(NC(=O)c1ccc(F)c(Br)c1)C(C)C. The molecule has 0 radical (unpaired) electrons. The van der Waals surface area contributed by atoms with E-state index in [1.165, 1.54) is 25.3 Å². The van der Waals surface area contributed by atoms with Gasteiger partial charge in [-0.05, 0) is 40.0 Å². The van der Waals surface area contributed by atoms with Crippen LogP contribution in [0.4, 0.5) is 4.39 Å². The fourth-order valence-electron chi connectivity index (χ4n) is 1.49. The van der Waals surface area contributed by atoms with Crippen molar-refractivity contribution in [2.24, 2.45) is 5.92 Å². The molecule has 6 heteroatoms. The third kappa shape index (κ3) is 4.02. The summed E-state index contributed by atoms with van der Waals surface area (Å²) in [6, 6.07) is 3.16. The topological polar surface area (TPSA) is 55.4 Å². The van der Waals surface area contributed by atoms with Crippen molar-refractivity contribution in [2.45, 2.75) is 19.9 Å². The highest BCUT2D eigenvalue weighted by atomic mass is 79.9. The number of nitrogens with one attached hydrogen (secondary N) is 1. The summed E-state index contributed by atoms with van der Waals surface area (Å²) in [5, 5.41) is 2.57. The zero-order valence-electron chi connectivity index (χ0n) is 10.9. The monoisotopic (exact) mass is 331 g/mol. The number of esters is 1. The van der Waals surface area contributed by atoms with Crippen LogP contribution in [0.2, 0.25) is 0 Å². The minimum atomic E-state index is -0.735. The summed E-state index contributed by atoms with van der Waals surface area (Å²) in [5.74, 6) is -1.53. The maximum atomic E-state index is 13.1. The summed E-state index contributed by atoms with van der Waals surface area (Å²) in [6.45, 7) is 3.59. The Morgan fingerprint density at radius 2 is 2.00 bits per heavy atom. The average Bonchev–Trinajstić information content (AvgIpc) is 2.37. The number of amides is 1. The van der Waals surface area contributed by atoms with Crippen LogP contribution in [0.15, 0.2) is 22.7 Å². The Hall–Kier alpha value is -1.43. The van der Waals surface area contributed by atoms with Gasteiger partial charge in [-0.1, -0.05) is 13.8 Å². The number of ether oxygens (including phenoxy) is 1. The van der Waals surface area contributed by atoms with Crippen LogP contribution < -0.4 is 5.32 Å². The number of methoxy groups -OCH3 is 1. The maximum absolute atomic E-state index is 13.1. The predicted molar refractivity (Wildman–Crippen MR) is 72.2 cm³/mol. The molecule has 0 aromatic heterocycles. The highest BCUT2D eigenvalue weighted by molar-refractivity contribution is 9.10. The molecule has 0 fully saturated rings. The van der Waals surface area contributed by atoms with Gasteiger partial charge in [0.15, 0.2) is 0 Å². The lowest BCUT2D eigenvalue weighted by Crippen LogP contribution is -2.45. The van der Waals surface area contributed by atoms with E-state index < -0.39 is 23.7 Å². The van der Waals surface area contributed by atoms with E-state index in [2.05, 4.69) is 26.0 Å². The first-order chi connectivity index (χ1) is 8.86. The largest absolute Gasteiger partial charge is 0.467 e. The molecule has 0 aliphatic rings. The maximum Gasteiger partial charge on any atom is 0.328 e. The predicted octanol–water partition coefficient (Wildman–Crippen LogP) is 2.52. The fourth-order valence-corrected chi connectivity index (χ4v) is 1.87. The minimum Gasteiger partial charge on any atom is -0.467 e. The molecule has 1 rings (SSSR count). The van der Waals surface area contributed by atoms with Gasteiger partial charge in [-0.3, -0.25) is 4.79 Å². The smallest absolute Gasteiger partial charge is 0.328 e. The molecule has 19 heavy (non-hydrogen) atoms. The molecule has 1 atom stereocenters. The van der Waals surface area contributed by atoms with E-state index in [0.717, 1.165) is 0 Å². The van der Waals surface area contributed by atoms with Gasteiger partial charge in [0.05, 0.1) is 11.6 Å². The summed E-state index contributed by atoms with van der Waals surface area (Å²) in [5.41, 5.74) is 0.267. The van der Waals surface area contributed by atoms with Gasteiger partial charge in [0.2, 0.25) is 0 Å². The molecule has 1 amide bonds. The molecule has 0 saturated carbocycles. The Morgan fingerprint density at radius 3 is 2.47 bits per heavy atom.